The minimum atomic E-state index is 0.670. The van der Waals surface area contributed by atoms with Crippen LogP contribution in [0.3, 0.4) is 0 Å². The van der Waals surface area contributed by atoms with Crippen molar-refractivity contribution >= 4 is 22.6 Å². The molecule has 0 aromatic heterocycles. The van der Waals surface area contributed by atoms with Gasteiger partial charge in [0.25, 0.3) is 0 Å². The minimum absolute atomic E-state index is 0.670. The van der Waals surface area contributed by atoms with Crippen LogP contribution in [-0.2, 0) is 0 Å². The lowest BCUT2D eigenvalue weighted by molar-refractivity contribution is 0.286. The standard InChI is InChI=1S/C12H18IN/c1-9-6-7-12(14-8-9)10-4-2-3-5-11(10)13/h2-5,9-12,14H,6-8H2,1H3/t9?,10?,11?,12-/m0/s1. The summed E-state index contributed by atoms with van der Waals surface area (Å²) in [5.41, 5.74) is 0. The van der Waals surface area contributed by atoms with Gasteiger partial charge in [-0.25, -0.2) is 0 Å². The first-order chi connectivity index (χ1) is 6.77. The summed E-state index contributed by atoms with van der Waals surface area (Å²) in [6, 6.07) is 0.703. The summed E-state index contributed by atoms with van der Waals surface area (Å²) in [5, 5.41) is 3.68. The van der Waals surface area contributed by atoms with Crippen molar-refractivity contribution in [3.63, 3.8) is 0 Å². The molecule has 1 aliphatic carbocycles. The molecular weight excluding hydrogens is 285 g/mol. The third kappa shape index (κ3) is 2.40. The zero-order chi connectivity index (χ0) is 9.97. The van der Waals surface area contributed by atoms with Crippen molar-refractivity contribution in [2.45, 2.75) is 29.7 Å². The van der Waals surface area contributed by atoms with Gasteiger partial charge in [-0.2, -0.15) is 0 Å². The molecular formula is C12H18IN. The van der Waals surface area contributed by atoms with Crippen molar-refractivity contribution < 1.29 is 0 Å². The quantitative estimate of drug-likeness (QED) is 0.580. The van der Waals surface area contributed by atoms with E-state index >= 15 is 0 Å². The maximum atomic E-state index is 3.68. The summed E-state index contributed by atoms with van der Waals surface area (Å²) in [6.45, 7) is 3.53. The fourth-order valence-corrected chi connectivity index (χ4v) is 3.28. The zero-order valence-corrected chi connectivity index (χ0v) is 10.8. The van der Waals surface area contributed by atoms with Crippen molar-refractivity contribution in [3.8, 4) is 0 Å². The Labute approximate surface area is 100 Å². The van der Waals surface area contributed by atoms with Crippen LogP contribution >= 0.6 is 22.6 Å². The molecule has 2 rings (SSSR count). The second kappa shape index (κ2) is 4.79. The van der Waals surface area contributed by atoms with E-state index < -0.39 is 0 Å². The predicted octanol–water partition coefficient (Wildman–Crippen LogP) is 2.92. The van der Waals surface area contributed by atoms with E-state index in [1.807, 2.05) is 0 Å². The van der Waals surface area contributed by atoms with E-state index in [9.17, 15) is 0 Å². The summed E-state index contributed by atoms with van der Waals surface area (Å²) in [4.78, 5) is 0. The van der Waals surface area contributed by atoms with Crippen molar-refractivity contribution in [1.29, 1.82) is 0 Å². The van der Waals surface area contributed by atoms with Gasteiger partial charge in [0.2, 0.25) is 0 Å². The molecule has 0 saturated carbocycles. The largest absolute Gasteiger partial charge is 0.313 e. The molecule has 1 heterocycles. The smallest absolute Gasteiger partial charge is 0.0370 e. The van der Waals surface area contributed by atoms with Crippen molar-refractivity contribution in [2.24, 2.45) is 11.8 Å². The molecule has 3 unspecified atom stereocenters. The number of alkyl halides is 1. The maximum absolute atomic E-state index is 3.68. The molecule has 4 atom stereocenters. The van der Waals surface area contributed by atoms with E-state index in [0.717, 1.165) is 5.92 Å². The number of piperidine rings is 1. The van der Waals surface area contributed by atoms with E-state index in [1.54, 1.807) is 0 Å². The first-order valence-corrected chi connectivity index (χ1v) is 6.74. The van der Waals surface area contributed by atoms with Crippen LogP contribution in [0.4, 0.5) is 0 Å². The Kier molecular flexibility index (Phi) is 3.66. The van der Waals surface area contributed by atoms with Crippen LogP contribution in [-0.4, -0.2) is 16.5 Å². The topological polar surface area (TPSA) is 12.0 Å². The van der Waals surface area contributed by atoms with Gasteiger partial charge in [0.05, 0.1) is 0 Å². The molecule has 0 spiro atoms. The molecule has 1 fully saturated rings. The molecule has 78 valence electrons. The van der Waals surface area contributed by atoms with Crippen LogP contribution in [0, 0.1) is 11.8 Å². The van der Waals surface area contributed by atoms with Gasteiger partial charge in [-0.3, -0.25) is 0 Å². The lowest BCUT2D eigenvalue weighted by Crippen LogP contribution is -2.44. The molecule has 0 amide bonds. The molecule has 0 radical (unpaired) electrons. The van der Waals surface area contributed by atoms with Gasteiger partial charge in [0, 0.05) is 15.9 Å². The van der Waals surface area contributed by atoms with Crippen molar-refractivity contribution in [3.05, 3.63) is 24.3 Å². The third-order valence-electron chi connectivity index (χ3n) is 3.27. The number of rotatable bonds is 1. The highest BCUT2D eigenvalue weighted by molar-refractivity contribution is 14.1. The molecule has 2 heteroatoms. The molecule has 1 nitrogen and oxygen atoms in total. The van der Waals surface area contributed by atoms with Crippen LogP contribution in [0.5, 0.6) is 0 Å². The average molecular weight is 303 g/mol. The van der Waals surface area contributed by atoms with Crippen molar-refractivity contribution in [2.75, 3.05) is 6.54 Å². The lowest BCUT2D eigenvalue weighted by atomic mass is 9.85. The fraction of sp³-hybridized carbons (Fsp3) is 0.667. The van der Waals surface area contributed by atoms with Gasteiger partial charge in [0.15, 0.2) is 0 Å². The Bertz CT molecular complexity index is 239. The number of nitrogens with one attached hydrogen (secondary N) is 1. The summed E-state index contributed by atoms with van der Waals surface area (Å²) >= 11 is 2.55. The highest BCUT2D eigenvalue weighted by Crippen LogP contribution is 2.28. The summed E-state index contributed by atoms with van der Waals surface area (Å²) < 4.78 is 0.670. The van der Waals surface area contributed by atoms with E-state index in [2.05, 4.69) is 59.1 Å². The van der Waals surface area contributed by atoms with E-state index in [4.69, 9.17) is 0 Å². The maximum Gasteiger partial charge on any atom is 0.0370 e. The van der Waals surface area contributed by atoms with Crippen LogP contribution in [0.1, 0.15) is 19.8 Å². The molecule has 1 N–H and O–H groups in total. The average Bonchev–Trinajstić information content (AvgIpc) is 2.20. The second-order valence-corrected chi connectivity index (χ2v) is 5.93. The summed E-state index contributed by atoms with van der Waals surface area (Å²) in [5.74, 6) is 1.56. The Morgan fingerprint density at radius 1 is 1.21 bits per heavy atom. The van der Waals surface area contributed by atoms with E-state index in [-0.39, 0.29) is 0 Å². The van der Waals surface area contributed by atoms with Gasteiger partial charge in [-0.05, 0) is 25.3 Å². The SMILES string of the molecule is CC1CC[C@@H](C2C=CC=CC2I)NC1. The Balaban J connectivity index is 1.95. The van der Waals surface area contributed by atoms with Crippen LogP contribution in [0.25, 0.3) is 0 Å². The monoisotopic (exact) mass is 303 g/mol. The van der Waals surface area contributed by atoms with Gasteiger partial charge in [0.1, 0.15) is 0 Å². The molecule has 0 bridgehead atoms. The number of hydrogen-bond acceptors (Lipinski definition) is 1. The molecule has 2 aliphatic rings. The highest BCUT2D eigenvalue weighted by Gasteiger charge is 2.28. The molecule has 1 aliphatic heterocycles. The number of allylic oxidation sites excluding steroid dienone is 3. The minimum Gasteiger partial charge on any atom is -0.313 e. The third-order valence-corrected chi connectivity index (χ3v) is 4.52. The van der Waals surface area contributed by atoms with Gasteiger partial charge in [-0.1, -0.05) is 53.8 Å². The first kappa shape index (κ1) is 10.7. The molecule has 0 aromatic rings. The number of halogens is 1. The highest BCUT2D eigenvalue weighted by atomic mass is 127. The normalized spacial score (nSPS) is 42.7. The van der Waals surface area contributed by atoms with E-state index in [0.29, 0.717) is 15.9 Å². The summed E-state index contributed by atoms with van der Waals surface area (Å²) in [6.07, 6.45) is 11.8. The van der Waals surface area contributed by atoms with Crippen LogP contribution in [0.15, 0.2) is 24.3 Å². The zero-order valence-electron chi connectivity index (χ0n) is 8.62. The van der Waals surface area contributed by atoms with Gasteiger partial charge < -0.3 is 5.32 Å². The van der Waals surface area contributed by atoms with Gasteiger partial charge in [-0.15, -0.1) is 0 Å². The first-order valence-electron chi connectivity index (χ1n) is 5.50. The Morgan fingerprint density at radius 3 is 2.64 bits per heavy atom. The lowest BCUT2D eigenvalue weighted by Gasteiger charge is -2.35. The van der Waals surface area contributed by atoms with Crippen LogP contribution in [0.2, 0.25) is 0 Å². The number of hydrogen-bond donors (Lipinski definition) is 1. The van der Waals surface area contributed by atoms with E-state index in [1.165, 1.54) is 19.4 Å². The summed E-state index contributed by atoms with van der Waals surface area (Å²) in [7, 11) is 0. The van der Waals surface area contributed by atoms with Gasteiger partial charge >= 0.3 is 0 Å². The van der Waals surface area contributed by atoms with Crippen LogP contribution < -0.4 is 5.32 Å². The molecule has 14 heavy (non-hydrogen) atoms. The van der Waals surface area contributed by atoms with Crippen molar-refractivity contribution in [1.82, 2.24) is 5.32 Å². The molecule has 0 aromatic carbocycles. The fourth-order valence-electron chi connectivity index (χ4n) is 2.30. The second-order valence-electron chi connectivity index (χ2n) is 4.49. The Morgan fingerprint density at radius 2 is 2.00 bits per heavy atom. The Hall–Kier alpha value is 0.170. The predicted molar refractivity (Wildman–Crippen MR) is 69.8 cm³/mol. The molecule has 1 saturated heterocycles.